The van der Waals surface area contributed by atoms with Crippen LogP contribution in [0.25, 0.3) is 0 Å². The normalized spacial score (nSPS) is 10.8. The van der Waals surface area contributed by atoms with Gasteiger partial charge in [0, 0.05) is 12.5 Å². The number of carbonyl (C=O) groups is 1. The summed E-state index contributed by atoms with van der Waals surface area (Å²) in [6, 6.07) is 5.28. The Labute approximate surface area is 133 Å². The number of aromatic nitrogens is 1. The van der Waals surface area contributed by atoms with Crippen LogP contribution < -0.4 is 4.74 Å². The molecule has 1 N–H and O–H groups in total. The molecule has 0 unspecified atom stereocenters. The van der Waals surface area contributed by atoms with E-state index in [4.69, 9.17) is 14.4 Å². The molecule has 0 bridgehead atoms. The lowest BCUT2D eigenvalue weighted by Gasteiger charge is -2.03. The third-order valence-corrected chi connectivity index (χ3v) is 4.27. The summed E-state index contributed by atoms with van der Waals surface area (Å²) in [6.07, 6.45) is 6.50. The standard InChI is InChI=1S/C16H21NO4S/c1-12-11-13(21-17-12)7-5-3-2-4-6-10-20-15-9-8-14(22-15)16(18)19/h8-9,11H,2-7,10H2,1H3,(H,18,19). The van der Waals surface area contributed by atoms with Gasteiger partial charge in [0.25, 0.3) is 0 Å². The van der Waals surface area contributed by atoms with Gasteiger partial charge in [-0.2, -0.15) is 0 Å². The number of rotatable bonds is 10. The van der Waals surface area contributed by atoms with Crippen molar-refractivity contribution in [1.82, 2.24) is 5.16 Å². The Hall–Kier alpha value is -1.82. The maximum absolute atomic E-state index is 10.7. The van der Waals surface area contributed by atoms with Gasteiger partial charge in [0.2, 0.25) is 0 Å². The van der Waals surface area contributed by atoms with Crippen LogP contribution in [0.3, 0.4) is 0 Å². The maximum atomic E-state index is 10.7. The summed E-state index contributed by atoms with van der Waals surface area (Å²) in [5.74, 6) is 0.0644. The van der Waals surface area contributed by atoms with Crippen molar-refractivity contribution in [2.75, 3.05) is 6.61 Å². The van der Waals surface area contributed by atoms with E-state index in [-0.39, 0.29) is 0 Å². The van der Waals surface area contributed by atoms with Crippen LogP contribution in [0.4, 0.5) is 0 Å². The summed E-state index contributed by atoms with van der Waals surface area (Å²) in [7, 11) is 0. The van der Waals surface area contributed by atoms with E-state index in [9.17, 15) is 4.79 Å². The zero-order valence-electron chi connectivity index (χ0n) is 12.7. The van der Waals surface area contributed by atoms with Crippen molar-refractivity contribution in [2.24, 2.45) is 0 Å². The van der Waals surface area contributed by atoms with E-state index < -0.39 is 5.97 Å². The molecule has 22 heavy (non-hydrogen) atoms. The fourth-order valence-electron chi connectivity index (χ4n) is 2.15. The second kappa shape index (κ2) is 8.58. The van der Waals surface area contributed by atoms with Gasteiger partial charge >= 0.3 is 5.97 Å². The molecule has 0 saturated carbocycles. The quantitative estimate of drug-likeness (QED) is 0.659. The van der Waals surface area contributed by atoms with Crippen molar-refractivity contribution in [1.29, 1.82) is 0 Å². The largest absolute Gasteiger partial charge is 0.484 e. The molecule has 2 aromatic rings. The average Bonchev–Trinajstić information content (AvgIpc) is 3.11. The van der Waals surface area contributed by atoms with Crippen molar-refractivity contribution < 1.29 is 19.2 Å². The Bertz CT molecular complexity index is 590. The minimum absolute atomic E-state index is 0.317. The molecule has 0 aliphatic carbocycles. The third-order valence-electron chi connectivity index (χ3n) is 3.28. The van der Waals surface area contributed by atoms with Crippen LogP contribution in [0.15, 0.2) is 22.7 Å². The van der Waals surface area contributed by atoms with E-state index in [1.807, 2.05) is 13.0 Å². The van der Waals surface area contributed by atoms with Crippen LogP contribution >= 0.6 is 11.3 Å². The predicted molar refractivity (Wildman–Crippen MR) is 84.8 cm³/mol. The van der Waals surface area contributed by atoms with E-state index in [1.54, 1.807) is 12.1 Å². The van der Waals surface area contributed by atoms with E-state index >= 15 is 0 Å². The Kier molecular flexibility index (Phi) is 6.45. The third kappa shape index (κ3) is 5.52. The van der Waals surface area contributed by atoms with Crippen LogP contribution in [0.1, 0.15) is 53.2 Å². The molecule has 0 fully saturated rings. The number of hydrogen-bond acceptors (Lipinski definition) is 5. The molecule has 0 amide bonds. The van der Waals surface area contributed by atoms with E-state index in [0.29, 0.717) is 16.5 Å². The number of hydrogen-bond donors (Lipinski definition) is 1. The molecule has 5 nitrogen and oxygen atoms in total. The van der Waals surface area contributed by atoms with Gasteiger partial charge in [-0.15, -0.1) is 0 Å². The minimum Gasteiger partial charge on any atom is -0.484 e. The van der Waals surface area contributed by atoms with Gasteiger partial charge in [-0.25, -0.2) is 4.79 Å². The summed E-state index contributed by atoms with van der Waals surface area (Å²) >= 11 is 1.17. The number of nitrogens with zero attached hydrogens (tertiary/aromatic N) is 1. The SMILES string of the molecule is Cc1cc(CCCCCCCOc2ccc(C(=O)O)s2)on1. The Morgan fingerprint density at radius 2 is 2.05 bits per heavy atom. The first-order valence-corrected chi connectivity index (χ1v) is 8.35. The first-order valence-electron chi connectivity index (χ1n) is 7.53. The van der Waals surface area contributed by atoms with Gasteiger partial charge in [-0.1, -0.05) is 35.8 Å². The van der Waals surface area contributed by atoms with Gasteiger partial charge in [0.15, 0.2) is 5.06 Å². The van der Waals surface area contributed by atoms with Gasteiger partial charge in [-0.3, -0.25) is 0 Å². The zero-order chi connectivity index (χ0) is 15.8. The molecule has 0 spiro atoms. The summed E-state index contributed by atoms with van der Waals surface area (Å²) in [5, 5.41) is 13.4. The fraction of sp³-hybridized carbons (Fsp3) is 0.500. The average molecular weight is 323 g/mol. The Morgan fingerprint density at radius 1 is 1.27 bits per heavy atom. The Morgan fingerprint density at radius 3 is 2.73 bits per heavy atom. The van der Waals surface area contributed by atoms with Crippen LogP contribution in [-0.4, -0.2) is 22.8 Å². The number of thiophene rings is 1. The number of unbranched alkanes of at least 4 members (excludes halogenated alkanes) is 4. The summed E-state index contributed by atoms with van der Waals surface area (Å²) in [5.41, 5.74) is 0.937. The summed E-state index contributed by atoms with van der Waals surface area (Å²) < 4.78 is 10.7. The molecule has 0 aliphatic heterocycles. The smallest absolute Gasteiger partial charge is 0.345 e. The highest BCUT2D eigenvalue weighted by atomic mass is 32.1. The number of aryl methyl sites for hydroxylation is 2. The van der Waals surface area contributed by atoms with Crippen molar-refractivity contribution in [3.05, 3.63) is 34.5 Å². The fourth-order valence-corrected chi connectivity index (χ4v) is 2.87. The lowest BCUT2D eigenvalue weighted by atomic mass is 10.1. The highest BCUT2D eigenvalue weighted by Crippen LogP contribution is 2.24. The van der Waals surface area contributed by atoms with E-state index in [2.05, 4.69) is 5.16 Å². The predicted octanol–water partition coefficient (Wildman–Crippen LogP) is 4.31. The highest BCUT2D eigenvalue weighted by molar-refractivity contribution is 7.15. The van der Waals surface area contributed by atoms with Gasteiger partial charge in [0.1, 0.15) is 10.6 Å². The topological polar surface area (TPSA) is 72.6 Å². The molecule has 0 aromatic carbocycles. The number of ether oxygens (including phenoxy) is 1. The second-order valence-corrected chi connectivity index (χ2v) is 6.27. The molecule has 120 valence electrons. The van der Waals surface area contributed by atoms with Crippen molar-refractivity contribution in [3.63, 3.8) is 0 Å². The maximum Gasteiger partial charge on any atom is 0.345 e. The molecule has 0 radical (unpaired) electrons. The monoisotopic (exact) mass is 323 g/mol. The van der Waals surface area contributed by atoms with Crippen LogP contribution in [0.5, 0.6) is 5.06 Å². The first-order chi connectivity index (χ1) is 10.6. The zero-order valence-corrected chi connectivity index (χ0v) is 13.5. The first kappa shape index (κ1) is 16.5. The summed E-state index contributed by atoms with van der Waals surface area (Å²) in [6.45, 7) is 2.57. The number of carboxylic acids is 1. The highest BCUT2D eigenvalue weighted by Gasteiger charge is 2.07. The van der Waals surface area contributed by atoms with Crippen LogP contribution in [0, 0.1) is 6.92 Å². The van der Waals surface area contributed by atoms with E-state index in [0.717, 1.165) is 37.1 Å². The van der Waals surface area contributed by atoms with E-state index in [1.165, 1.54) is 24.2 Å². The van der Waals surface area contributed by atoms with Crippen molar-refractivity contribution >= 4 is 17.3 Å². The van der Waals surface area contributed by atoms with Crippen LogP contribution in [0.2, 0.25) is 0 Å². The van der Waals surface area contributed by atoms with Gasteiger partial charge in [0.05, 0.1) is 12.3 Å². The van der Waals surface area contributed by atoms with Crippen molar-refractivity contribution in [2.45, 2.75) is 45.4 Å². The Balaban J connectivity index is 1.48. The lowest BCUT2D eigenvalue weighted by molar-refractivity contribution is 0.0702. The summed E-state index contributed by atoms with van der Waals surface area (Å²) in [4.78, 5) is 11.1. The molecule has 0 saturated heterocycles. The molecular formula is C16H21NO4S. The van der Waals surface area contributed by atoms with Gasteiger partial charge in [-0.05, 0) is 31.9 Å². The number of carboxylic acid groups (broad SMARTS) is 1. The molecule has 2 aromatic heterocycles. The lowest BCUT2D eigenvalue weighted by Crippen LogP contribution is -1.95. The molecule has 6 heteroatoms. The minimum atomic E-state index is -0.901. The molecular weight excluding hydrogens is 302 g/mol. The van der Waals surface area contributed by atoms with Gasteiger partial charge < -0.3 is 14.4 Å². The number of aromatic carboxylic acids is 1. The molecule has 0 atom stereocenters. The van der Waals surface area contributed by atoms with Crippen LogP contribution in [-0.2, 0) is 6.42 Å². The van der Waals surface area contributed by atoms with Crippen molar-refractivity contribution in [3.8, 4) is 5.06 Å². The molecule has 0 aliphatic rings. The molecule has 2 heterocycles. The second-order valence-electron chi connectivity index (χ2n) is 5.22. The molecule has 2 rings (SSSR count).